The van der Waals surface area contributed by atoms with Gasteiger partial charge in [-0.2, -0.15) is 0 Å². The first-order chi connectivity index (χ1) is 14.2. The van der Waals surface area contributed by atoms with Crippen molar-refractivity contribution in [2.24, 2.45) is 5.92 Å². The SMILES string of the molecule is CCOCC[N+]12CCC(CC1)[C@@H](OC(=O)NCc1sccc1Cc1ccco1)C2. The predicted molar refractivity (Wildman–Crippen MR) is 112 cm³/mol. The Morgan fingerprint density at radius 3 is 2.97 bits per heavy atom. The van der Waals surface area contributed by atoms with E-state index in [4.69, 9.17) is 13.9 Å². The summed E-state index contributed by atoms with van der Waals surface area (Å²) in [7, 11) is 0. The summed E-state index contributed by atoms with van der Waals surface area (Å²) in [6.45, 7) is 8.39. The van der Waals surface area contributed by atoms with E-state index >= 15 is 0 Å². The number of nitrogens with zero attached hydrogens (tertiary/aromatic N) is 1. The van der Waals surface area contributed by atoms with E-state index in [1.807, 2.05) is 19.1 Å². The molecule has 7 heteroatoms. The highest BCUT2D eigenvalue weighted by atomic mass is 32.1. The fourth-order valence-electron chi connectivity index (χ4n) is 4.68. The number of ether oxygens (including phenoxy) is 2. The second-order valence-corrected chi connectivity index (χ2v) is 9.15. The first-order valence-corrected chi connectivity index (χ1v) is 11.5. The molecule has 3 aliphatic rings. The maximum absolute atomic E-state index is 12.5. The highest BCUT2D eigenvalue weighted by Crippen LogP contribution is 2.35. The van der Waals surface area contributed by atoms with Crippen molar-refractivity contribution in [3.05, 3.63) is 46.0 Å². The van der Waals surface area contributed by atoms with E-state index < -0.39 is 0 Å². The van der Waals surface area contributed by atoms with Crippen LogP contribution in [0.25, 0.3) is 0 Å². The number of nitrogens with one attached hydrogen (secondary N) is 1. The van der Waals surface area contributed by atoms with Crippen LogP contribution < -0.4 is 5.32 Å². The van der Waals surface area contributed by atoms with Crippen LogP contribution in [-0.4, -0.2) is 56.1 Å². The smallest absolute Gasteiger partial charge is 0.407 e. The number of amides is 1. The van der Waals surface area contributed by atoms with Crippen molar-refractivity contribution in [2.45, 2.75) is 38.8 Å². The van der Waals surface area contributed by atoms with E-state index in [9.17, 15) is 4.79 Å². The van der Waals surface area contributed by atoms with Gasteiger partial charge in [0, 0.05) is 36.7 Å². The van der Waals surface area contributed by atoms with Gasteiger partial charge in [-0.1, -0.05) is 0 Å². The van der Waals surface area contributed by atoms with Crippen molar-refractivity contribution >= 4 is 17.4 Å². The van der Waals surface area contributed by atoms with Crippen LogP contribution in [0.5, 0.6) is 0 Å². The molecule has 5 heterocycles. The summed E-state index contributed by atoms with van der Waals surface area (Å²) in [5, 5.41) is 5.02. The van der Waals surface area contributed by atoms with Crippen molar-refractivity contribution in [1.82, 2.24) is 5.32 Å². The Kier molecular flexibility index (Phi) is 6.57. The monoisotopic (exact) mass is 419 g/mol. The van der Waals surface area contributed by atoms with Gasteiger partial charge < -0.3 is 23.7 Å². The molecule has 2 aromatic heterocycles. The largest absolute Gasteiger partial charge is 0.469 e. The summed E-state index contributed by atoms with van der Waals surface area (Å²) < 4.78 is 17.9. The number of hydrogen-bond acceptors (Lipinski definition) is 5. The molecule has 2 bridgehead atoms. The zero-order chi connectivity index (χ0) is 20.1. The Morgan fingerprint density at radius 1 is 1.34 bits per heavy atom. The summed E-state index contributed by atoms with van der Waals surface area (Å²) in [5.41, 5.74) is 1.19. The molecule has 29 heavy (non-hydrogen) atoms. The lowest BCUT2D eigenvalue weighted by Crippen LogP contribution is -2.65. The lowest BCUT2D eigenvalue weighted by molar-refractivity contribution is -0.946. The molecule has 1 atom stereocenters. The maximum atomic E-state index is 12.5. The third-order valence-electron chi connectivity index (χ3n) is 6.39. The van der Waals surface area contributed by atoms with E-state index in [0.717, 1.165) is 60.7 Å². The van der Waals surface area contributed by atoms with Gasteiger partial charge in [0.05, 0.1) is 32.5 Å². The van der Waals surface area contributed by atoms with Crippen molar-refractivity contribution in [3.8, 4) is 0 Å². The molecular weight excluding hydrogens is 388 g/mol. The zero-order valence-electron chi connectivity index (χ0n) is 17.1. The molecule has 0 unspecified atom stereocenters. The molecule has 0 spiro atoms. The van der Waals surface area contributed by atoms with Crippen LogP contribution in [0.3, 0.4) is 0 Å². The molecule has 0 radical (unpaired) electrons. The normalized spacial score (nSPS) is 25.8. The number of thiophene rings is 1. The maximum Gasteiger partial charge on any atom is 0.407 e. The second-order valence-electron chi connectivity index (χ2n) is 8.15. The van der Waals surface area contributed by atoms with Gasteiger partial charge in [0.15, 0.2) is 6.10 Å². The number of quaternary nitrogens is 1. The molecular formula is C22H31N2O4S+. The number of furan rings is 1. The Labute approximate surface area is 176 Å². The van der Waals surface area contributed by atoms with E-state index in [2.05, 4.69) is 16.8 Å². The van der Waals surface area contributed by atoms with Gasteiger partial charge in [-0.05, 0) is 36.1 Å². The molecule has 1 amide bonds. The minimum atomic E-state index is -0.302. The van der Waals surface area contributed by atoms with E-state index in [1.54, 1.807) is 17.6 Å². The second kappa shape index (κ2) is 9.32. The van der Waals surface area contributed by atoms with Gasteiger partial charge in [0.1, 0.15) is 18.8 Å². The lowest BCUT2D eigenvalue weighted by atomic mass is 9.83. The summed E-state index contributed by atoms with van der Waals surface area (Å²) in [6.07, 6.45) is 4.43. The van der Waals surface area contributed by atoms with Gasteiger partial charge in [-0.25, -0.2) is 4.79 Å². The number of hydrogen-bond donors (Lipinski definition) is 1. The topological polar surface area (TPSA) is 60.7 Å². The fourth-order valence-corrected chi connectivity index (χ4v) is 5.53. The highest BCUT2D eigenvalue weighted by molar-refractivity contribution is 7.10. The molecule has 1 N–H and O–H groups in total. The Balaban J connectivity index is 1.28. The van der Waals surface area contributed by atoms with Crippen molar-refractivity contribution < 1.29 is 23.2 Å². The molecule has 6 nitrogen and oxygen atoms in total. The molecule has 3 saturated heterocycles. The van der Waals surface area contributed by atoms with Crippen LogP contribution >= 0.6 is 11.3 Å². The van der Waals surface area contributed by atoms with Gasteiger partial charge in [0.25, 0.3) is 0 Å². The first-order valence-electron chi connectivity index (χ1n) is 10.6. The van der Waals surface area contributed by atoms with E-state index in [0.29, 0.717) is 12.5 Å². The average molecular weight is 420 g/mol. The minimum absolute atomic E-state index is 0.0186. The van der Waals surface area contributed by atoms with Gasteiger partial charge >= 0.3 is 6.09 Å². The number of carbonyl (C=O) groups excluding carboxylic acids is 1. The van der Waals surface area contributed by atoms with Crippen molar-refractivity contribution in [1.29, 1.82) is 0 Å². The number of alkyl carbamates (subject to hydrolysis) is 1. The van der Waals surface area contributed by atoms with Gasteiger partial charge in [-0.3, -0.25) is 0 Å². The summed E-state index contributed by atoms with van der Waals surface area (Å²) in [6, 6.07) is 5.96. The summed E-state index contributed by atoms with van der Waals surface area (Å²) >= 11 is 1.65. The van der Waals surface area contributed by atoms with E-state index in [1.165, 1.54) is 18.7 Å². The van der Waals surface area contributed by atoms with Crippen LogP contribution in [-0.2, 0) is 22.4 Å². The number of fused-ring (bicyclic) bond motifs is 3. The van der Waals surface area contributed by atoms with Crippen molar-refractivity contribution in [2.75, 3.05) is 39.4 Å². The van der Waals surface area contributed by atoms with Gasteiger partial charge in [0.2, 0.25) is 0 Å². The average Bonchev–Trinajstić information content (AvgIpc) is 3.40. The number of rotatable bonds is 9. The van der Waals surface area contributed by atoms with Gasteiger partial charge in [-0.15, -0.1) is 11.3 Å². The van der Waals surface area contributed by atoms with Crippen LogP contribution in [0.15, 0.2) is 34.3 Å². The quantitative estimate of drug-likeness (QED) is 0.496. The lowest BCUT2D eigenvalue weighted by Gasteiger charge is -2.51. The molecule has 0 aromatic carbocycles. The minimum Gasteiger partial charge on any atom is -0.469 e. The van der Waals surface area contributed by atoms with Crippen molar-refractivity contribution in [3.63, 3.8) is 0 Å². The fraction of sp³-hybridized carbons (Fsp3) is 0.591. The Bertz CT molecular complexity index is 781. The predicted octanol–water partition coefficient (Wildman–Crippen LogP) is 3.80. The first kappa shape index (κ1) is 20.4. The molecule has 5 rings (SSSR count). The summed E-state index contributed by atoms with van der Waals surface area (Å²) in [5.74, 6) is 1.43. The molecule has 0 aliphatic carbocycles. The van der Waals surface area contributed by atoms with Crippen LogP contribution in [0.2, 0.25) is 0 Å². The van der Waals surface area contributed by atoms with Crippen LogP contribution in [0.1, 0.15) is 36.0 Å². The molecule has 3 aliphatic heterocycles. The number of piperidine rings is 3. The van der Waals surface area contributed by atoms with E-state index in [-0.39, 0.29) is 12.2 Å². The molecule has 0 saturated carbocycles. The molecule has 158 valence electrons. The third-order valence-corrected chi connectivity index (χ3v) is 7.35. The standard InChI is InChI=1S/C22H30N2O4S/c1-2-26-12-10-24-8-5-17(6-9-24)20(16-24)28-22(25)23-15-21-18(7-13-29-21)14-19-4-3-11-27-19/h3-4,7,11,13,17,20H,2,5-6,8-10,12,14-16H2,1H3/p+1/t17?,20-,24?/m0/s1. The third kappa shape index (κ3) is 5.02. The van der Waals surface area contributed by atoms with Crippen LogP contribution in [0.4, 0.5) is 4.79 Å². The van der Waals surface area contributed by atoms with Crippen LogP contribution in [0, 0.1) is 5.92 Å². The molecule has 3 fully saturated rings. The number of carbonyl (C=O) groups is 1. The zero-order valence-corrected chi connectivity index (χ0v) is 17.9. The summed E-state index contributed by atoms with van der Waals surface area (Å²) in [4.78, 5) is 13.6. The molecule has 2 aromatic rings. The Morgan fingerprint density at radius 2 is 2.21 bits per heavy atom. The highest BCUT2D eigenvalue weighted by Gasteiger charge is 2.47. The Hall–Kier alpha value is -1.83.